The molecule has 0 aliphatic carbocycles. The largest absolute Gasteiger partial charge is 0.423 e. The average molecular weight is 315 g/mol. The van der Waals surface area contributed by atoms with E-state index in [9.17, 15) is 0 Å². The van der Waals surface area contributed by atoms with Crippen LogP contribution in [0.1, 0.15) is 11.7 Å². The molecule has 0 N–H and O–H groups in total. The molecule has 0 spiro atoms. The molecule has 1 atom stereocenters. The third kappa shape index (κ3) is 2.56. The number of halogens is 1. The summed E-state index contributed by atoms with van der Waals surface area (Å²) in [5, 5.41) is 0.732. The van der Waals surface area contributed by atoms with Gasteiger partial charge in [0.15, 0.2) is 5.58 Å². The molecule has 0 unspecified atom stereocenters. The van der Waals surface area contributed by atoms with Gasteiger partial charge in [0.05, 0.1) is 13.2 Å². The number of aromatic nitrogens is 1. The second kappa shape index (κ2) is 5.63. The SMILES string of the molecule is Clc1ccc([C@H]2CN(c3nc4ccccc4o3)CCO2)cc1. The lowest BCUT2D eigenvalue weighted by Gasteiger charge is -2.32. The normalized spacial score (nSPS) is 18.8. The Labute approximate surface area is 133 Å². The second-order valence-electron chi connectivity index (χ2n) is 5.32. The van der Waals surface area contributed by atoms with Crippen LogP contribution >= 0.6 is 11.6 Å². The Morgan fingerprint density at radius 3 is 2.73 bits per heavy atom. The first kappa shape index (κ1) is 13.6. The zero-order valence-electron chi connectivity index (χ0n) is 11.9. The van der Waals surface area contributed by atoms with Crippen LogP contribution in [0.2, 0.25) is 5.02 Å². The molecule has 22 heavy (non-hydrogen) atoms. The molecule has 2 aromatic carbocycles. The quantitative estimate of drug-likeness (QED) is 0.715. The molecule has 3 aromatic rings. The van der Waals surface area contributed by atoms with Crippen molar-refractivity contribution >= 4 is 28.7 Å². The van der Waals surface area contributed by atoms with Crippen molar-refractivity contribution in [3.05, 3.63) is 59.1 Å². The maximum Gasteiger partial charge on any atom is 0.298 e. The fourth-order valence-corrected chi connectivity index (χ4v) is 2.82. The molecule has 2 heterocycles. The number of morpholine rings is 1. The van der Waals surface area contributed by atoms with Crippen molar-refractivity contribution in [1.82, 2.24) is 4.98 Å². The van der Waals surface area contributed by atoms with E-state index in [2.05, 4.69) is 9.88 Å². The Hall–Kier alpha value is -2.04. The predicted octanol–water partition coefficient (Wildman–Crippen LogP) is 4.06. The molecule has 0 bridgehead atoms. The molecular formula is C17H15ClN2O2. The minimum Gasteiger partial charge on any atom is -0.423 e. The van der Waals surface area contributed by atoms with Crippen LogP contribution in [0, 0.1) is 0 Å². The Balaban J connectivity index is 1.58. The summed E-state index contributed by atoms with van der Waals surface area (Å²) in [6, 6.07) is 16.2. The number of hydrogen-bond acceptors (Lipinski definition) is 4. The highest BCUT2D eigenvalue weighted by Gasteiger charge is 2.25. The molecule has 4 rings (SSSR count). The van der Waals surface area contributed by atoms with Crippen molar-refractivity contribution in [1.29, 1.82) is 0 Å². The van der Waals surface area contributed by atoms with Crippen molar-refractivity contribution in [3.63, 3.8) is 0 Å². The summed E-state index contributed by atoms with van der Waals surface area (Å²) < 4.78 is 11.7. The van der Waals surface area contributed by atoms with Crippen molar-refractivity contribution in [2.45, 2.75) is 6.10 Å². The van der Waals surface area contributed by atoms with Gasteiger partial charge < -0.3 is 14.1 Å². The molecule has 0 radical (unpaired) electrons. The fraction of sp³-hybridized carbons (Fsp3) is 0.235. The standard InChI is InChI=1S/C17H15ClN2O2/c18-13-7-5-12(6-8-13)16-11-20(9-10-21-16)17-19-14-3-1-2-4-15(14)22-17/h1-8,16H,9-11H2/t16-/m1/s1. The number of anilines is 1. The van der Waals surface area contributed by atoms with E-state index in [1.807, 2.05) is 48.5 Å². The van der Waals surface area contributed by atoms with E-state index >= 15 is 0 Å². The number of rotatable bonds is 2. The van der Waals surface area contributed by atoms with Crippen LogP contribution in [0.4, 0.5) is 6.01 Å². The van der Waals surface area contributed by atoms with Crippen molar-refractivity contribution in [2.24, 2.45) is 0 Å². The van der Waals surface area contributed by atoms with Crippen LogP contribution in [0.25, 0.3) is 11.1 Å². The zero-order valence-corrected chi connectivity index (χ0v) is 12.7. The topological polar surface area (TPSA) is 38.5 Å². The number of benzene rings is 2. The Kier molecular flexibility index (Phi) is 3.48. The van der Waals surface area contributed by atoms with Gasteiger partial charge in [-0.05, 0) is 29.8 Å². The summed E-state index contributed by atoms with van der Waals surface area (Å²) >= 11 is 5.94. The maximum atomic E-state index is 5.94. The van der Waals surface area contributed by atoms with Crippen molar-refractivity contribution in [3.8, 4) is 0 Å². The molecule has 4 nitrogen and oxygen atoms in total. The van der Waals surface area contributed by atoms with E-state index in [0.29, 0.717) is 19.2 Å². The Morgan fingerprint density at radius 2 is 1.91 bits per heavy atom. The van der Waals surface area contributed by atoms with Gasteiger partial charge in [-0.1, -0.05) is 35.9 Å². The molecular weight excluding hydrogens is 300 g/mol. The fourth-order valence-electron chi connectivity index (χ4n) is 2.70. The van der Waals surface area contributed by atoms with Gasteiger partial charge in [0.2, 0.25) is 0 Å². The van der Waals surface area contributed by atoms with E-state index < -0.39 is 0 Å². The summed E-state index contributed by atoms with van der Waals surface area (Å²) in [5.74, 6) is 0. The molecule has 1 aliphatic rings. The highest BCUT2D eigenvalue weighted by Crippen LogP contribution is 2.28. The smallest absolute Gasteiger partial charge is 0.298 e. The monoisotopic (exact) mass is 314 g/mol. The third-order valence-corrected chi connectivity index (χ3v) is 4.11. The van der Waals surface area contributed by atoms with Gasteiger partial charge in [-0.25, -0.2) is 0 Å². The number of hydrogen-bond donors (Lipinski definition) is 0. The highest BCUT2D eigenvalue weighted by molar-refractivity contribution is 6.30. The molecule has 5 heteroatoms. The predicted molar refractivity (Wildman–Crippen MR) is 86.4 cm³/mol. The van der Waals surface area contributed by atoms with Gasteiger partial charge in [0.25, 0.3) is 6.01 Å². The number of oxazole rings is 1. The lowest BCUT2D eigenvalue weighted by Crippen LogP contribution is -2.38. The first-order valence-electron chi connectivity index (χ1n) is 7.27. The average Bonchev–Trinajstić information content (AvgIpc) is 3.00. The first-order valence-corrected chi connectivity index (χ1v) is 7.65. The molecule has 0 amide bonds. The third-order valence-electron chi connectivity index (χ3n) is 3.86. The summed E-state index contributed by atoms with van der Waals surface area (Å²) in [7, 11) is 0. The Bertz CT molecular complexity index is 752. The Morgan fingerprint density at radius 1 is 1.09 bits per heavy atom. The number of nitrogens with zero attached hydrogens (tertiary/aromatic N) is 2. The zero-order chi connectivity index (χ0) is 14.9. The second-order valence-corrected chi connectivity index (χ2v) is 5.76. The summed E-state index contributed by atoms with van der Waals surface area (Å²) in [4.78, 5) is 6.69. The van der Waals surface area contributed by atoms with E-state index in [-0.39, 0.29) is 6.10 Å². The van der Waals surface area contributed by atoms with E-state index in [0.717, 1.165) is 28.2 Å². The van der Waals surface area contributed by atoms with E-state index in [1.54, 1.807) is 0 Å². The lowest BCUT2D eigenvalue weighted by atomic mass is 10.1. The molecule has 0 saturated carbocycles. The molecule has 1 saturated heterocycles. The molecule has 1 fully saturated rings. The van der Waals surface area contributed by atoms with Gasteiger partial charge >= 0.3 is 0 Å². The number of fused-ring (bicyclic) bond motifs is 1. The highest BCUT2D eigenvalue weighted by atomic mass is 35.5. The van der Waals surface area contributed by atoms with Crippen LogP contribution in [0.15, 0.2) is 52.9 Å². The van der Waals surface area contributed by atoms with E-state index in [1.165, 1.54) is 0 Å². The van der Waals surface area contributed by atoms with Crippen LogP contribution in [0.5, 0.6) is 0 Å². The molecule has 1 aliphatic heterocycles. The van der Waals surface area contributed by atoms with Crippen LogP contribution in [-0.2, 0) is 4.74 Å². The van der Waals surface area contributed by atoms with Crippen LogP contribution in [-0.4, -0.2) is 24.7 Å². The first-order chi connectivity index (χ1) is 10.8. The van der Waals surface area contributed by atoms with E-state index in [4.69, 9.17) is 20.8 Å². The van der Waals surface area contributed by atoms with Gasteiger partial charge in [-0.3, -0.25) is 0 Å². The molecule has 112 valence electrons. The lowest BCUT2D eigenvalue weighted by molar-refractivity contribution is 0.0381. The number of ether oxygens (including phenoxy) is 1. The summed E-state index contributed by atoms with van der Waals surface area (Å²) in [6.07, 6.45) is 0.000953. The molecule has 1 aromatic heterocycles. The van der Waals surface area contributed by atoms with Crippen molar-refractivity contribution in [2.75, 3.05) is 24.6 Å². The van der Waals surface area contributed by atoms with Gasteiger partial charge in [-0.15, -0.1) is 0 Å². The number of para-hydroxylation sites is 2. The summed E-state index contributed by atoms with van der Waals surface area (Å²) in [5.41, 5.74) is 2.81. The van der Waals surface area contributed by atoms with Crippen LogP contribution < -0.4 is 4.90 Å². The van der Waals surface area contributed by atoms with Crippen LogP contribution in [0.3, 0.4) is 0 Å². The maximum absolute atomic E-state index is 5.94. The minimum absolute atomic E-state index is 0.000953. The van der Waals surface area contributed by atoms with Crippen molar-refractivity contribution < 1.29 is 9.15 Å². The van der Waals surface area contributed by atoms with Gasteiger partial charge in [-0.2, -0.15) is 4.98 Å². The minimum atomic E-state index is 0.000953. The van der Waals surface area contributed by atoms with Gasteiger partial charge in [0, 0.05) is 11.6 Å². The summed E-state index contributed by atoms with van der Waals surface area (Å²) in [6.45, 7) is 2.14. The van der Waals surface area contributed by atoms with Gasteiger partial charge in [0.1, 0.15) is 11.6 Å².